The van der Waals surface area contributed by atoms with E-state index in [1.165, 1.54) is 11.1 Å². The summed E-state index contributed by atoms with van der Waals surface area (Å²) in [5.74, 6) is 0.275. The summed E-state index contributed by atoms with van der Waals surface area (Å²) in [6.07, 6.45) is 0.295. The Hall–Kier alpha value is -1.35. The molecule has 0 aliphatic carbocycles. The van der Waals surface area contributed by atoms with E-state index < -0.39 is 11.5 Å². The quantitative estimate of drug-likeness (QED) is 0.804. The lowest BCUT2D eigenvalue weighted by Crippen LogP contribution is -2.49. The topological polar surface area (TPSA) is 23.5 Å². The van der Waals surface area contributed by atoms with Gasteiger partial charge in [-0.05, 0) is 37.6 Å². The number of rotatable bonds is 7. The van der Waals surface area contributed by atoms with Gasteiger partial charge in [0.25, 0.3) is 0 Å². The largest absolute Gasteiger partial charge is 0.392 e. The number of hydrogen-bond acceptors (Lipinski definition) is 2. The Bertz CT molecular complexity index is 546. The standard InChI is InChI=1S/C21H29NO.ClH/c1-5-20(23)21(17(2)16-22(3)4,18-12-8-6-9-13-18)19-14-10-7-11-15-19;/h6-15,17,20,23H,5,16H2,1-4H3;1H/t17-,20+;/m1./s1. The highest BCUT2D eigenvalue weighted by molar-refractivity contribution is 5.85. The molecule has 0 heterocycles. The van der Waals surface area contributed by atoms with E-state index in [0.29, 0.717) is 0 Å². The molecule has 0 saturated carbocycles. The van der Waals surface area contributed by atoms with E-state index in [4.69, 9.17) is 0 Å². The van der Waals surface area contributed by atoms with E-state index in [1.807, 2.05) is 12.1 Å². The fourth-order valence-corrected chi connectivity index (χ4v) is 3.89. The lowest BCUT2D eigenvalue weighted by atomic mass is 9.62. The van der Waals surface area contributed by atoms with Crippen molar-refractivity contribution >= 4 is 12.4 Å². The minimum atomic E-state index is -0.428. The minimum Gasteiger partial charge on any atom is -0.392 e. The molecule has 24 heavy (non-hydrogen) atoms. The van der Waals surface area contributed by atoms with Crippen LogP contribution < -0.4 is 0 Å². The normalized spacial score (nSPS) is 14.1. The molecule has 0 saturated heterocycles. The van der Waals surface area contributed by atoms with Crippen molar-refractivity contribution in [2.75, 3.05) is 20.6 Å². The highest BCUT2D eigenvalue weighted by Gasteiger charge is 2.45. The van der Waals surface area contributed by atoms with Crippen LogP contribution >= 0.6 is 12.4 Å². The third kappa shape index (κ3) is 4.00. The Kier molecular flexibility index (Phi) is 7.95. The van der Waals surface area contributed by atoms with Gasteiger partial charge < -0.3 is 10.0 Å². The van der Waals surface area contributed by atoms with Crippen LogP contribution in [0.2, 0.25) is 0 Å². The summed E-state index contributed by atoms with van der Waals surface area (Å²) in [5, 5.41) is 11.1. The Morgan fingerprint density at radius 2 is 1.33 bits per heavy atom. The van der Waals surface area contributed by atoms with Gasteiger partial charge in [0.2, 0.25) is 0 Å². The molecule has 0 aliphatic rings. The van der Waals surface area contributed by atoms with Gasteiger partial charge in [0.1, 0.15) is 0 Å². The number of hydrogen-bond donors (Lipinski definition) is 1. The van der Waals surface area contributed by atoms with Gasteiger partial charge in [0.05, 0.1) is 6.10 Å². The van der Waals surface area contributed by atoms with Crippen LogP contribution in [-0.4, -0.2) is 36.8 Å². The van der Waals surface area contributed by atoms with Crippen molar-refractivity contribution < 1.29 is 5.11 Å². The van der Waals surface area contributed by atoms with Crippen LogP contribution in [-0.2, 0) is 5.41 Å². The molecular formula is C21H30ClNO. The average Bonchev–Trinajstić information content (AvgIpc) is 2.56. The Morgan fingerprint density at radius 1 is 0.917 bits per heavy atom. The van der Waals surface area contributed by atoms with Crippen LogP contribution in [0.25, 0.3) is 0 Å². The average molecular weight is 348 g/mol. The fourth-order valence-electron chi connectivity index (χ4n) is 3.89. The van der Waals surface area contributed by atoms with Gasteiger partial charge in [0.15, 0.2) is 0 Å². The molecule has 2 aromatic carbocycles. The molecule has 0 unspecified atom stereocenters. The van der Waals surface area contributed by atoms with Crippen molar-refractivity contribution in [1.82, 2.24) is 4.90 Å². The fraction of sp³-hybridized carbons (Fsp3) is 0.429. The summed E-state index contributed by atoms with van der Waals surface area (Å²) in [5.41, 5.74) is 1.98. The molecule has 2 aromatic rings. The van der Waals surface area contributed by atoms with Gasteiger partial charge >= 0.3 is 0 Å². The highest BCUT2D eigenvalue weighted by atomic mass is 35.5. The lowest BCUT2D eigenvalue weighted by molar-refractivity contribution is 0.0580. The van der Waals surface area contributed by atoms with E-state index in [1.54, 1.807) is 0 Å². The maximum Gasteiger partial charge on any atom is 0.0677 e. The Morgan fingerprint density at radius 3 is 1.67 bits per heavy atom. The van der Waals surface area contributed by atoms with Crippen molar-refractivity contribution in [1.29, 1.82) is 0 Å². The van der Waals surface area contributed by atoms with E-state index in [-0.39, 0.29) is 18.3 Å². The van der Waals surface area contributed by atoms with Gasteiger partial charge in [-0.2, -0.15) is 0 Å². The third-order valence-corrected chi connectivity index (χ3v) is 4.83. The first-order chi connectivity index (χ1) is 11.0. The van der Waals surface area contributed by atoms with E-state index >= 15 is 0 Å². The summed E-state index contributed by atoms with van der Waals surface area (Å²) in [4.78, 5) is 2.20. The van der Waals surface area contributed by atoms with Gasteiger partial charge in [-0.25, -0.2) is 0 Å². The molecule has 0 radical (unpaired) electrons. The zero-order valence-electron chi connectivity index (χ0n) is 15.1. The van der Waals surface area contributed by atoms with Crippen molar-refractivity contribution in [3.63, 3.8) is 0 Å². The summed E-state index contributed by atoms with van der Waals surface area (Å²) >= 11 is 0. The highest BCUT2D eigenvalue weighted by Crippen LogP contribution is 2.43. The lowest BCUT2D eigenvalue weighted by Gasteiger charge is -2.45. The van der Waals surface area contributed by atoms with Crippen LogP contribution in [0.15, 0.2) is 60.7 Å². The summed E-state index contributed by atoms with van der Waals surface area (Å²) in [6.45, 7) is 5.23. The number of nitrogens with zero attached hydrogens (tertiary/aromatic N) is 1. The van der Waals surface area contributed by atoms with E-state index in [2.05, 4.69) is 81.4 Å². The van der Waals surface area contributed by atoms with Gasteiger partial charge in [-0.1, -0.05) is 74.5 Å². The predicted octanol–water partition coefficient (Wildman–Crippen LogP) is 4.36. The number of aliphatic hydroxyl groups is 1. The third-order valence-electron chi connectivity index (χ3n) is 4.83. The summed E-state index contributed by atoms with van der Waals surface area (Å²) in [7, 11) is 4.19. The van der Waals surface area contributed by atoms with E-state index in [9.17, 15) is 5.11 Å². The van der Waals surface area contributed by atoms with Gasteiger partial charge in [0, 0.05) is 12.0 Å². The molecule has 0 spiro atoms. The molecule has 0 fully saturated rings. The number of aliphatic hydroxyl groups excluding tert-OH is 1. The minimum absolute atomic E-state index is 0. The zero-order chi connectivity index (χ0) is 16.9. The van der Waals surface area contributed by atoms with Crippen LogP contribution in [0.4, 0.5) is 0 Å². The smallest absolute Gasteiger partial charge is 0.0677 e. The van der Waals surface area contributed by atoms with E-state index in [0.717, 1.165) is 13.0 Å². The summed E-state index contributed by atoms with van der Waals surface area (Å²) in [6, 6.07) is 20.9. The summed E-state index contributed by atoms with van der Waals surface area (Å²) < 4.78 is 0. The maximum atomic E-state index is 11.1. The van der Waals surface area contributed by atoms with Crippen LogP contribution in [0.5, 0.6) is 0 Å². The maximum absolute atomic E-state index is 11.1. The molecule has 2 atom stereocenters. The second kappa shape index (κ2) is 9.22. The van der Waals surface area contributed by atoms with Crippen LogP contribution in [0.1, 0.15) is 31.4 Å². The molecule has 0 amide bonds. The van der Waals surface area contributed by atoms with Gasteiger partial charge in [-0.15, -0.1) is 12.4 Å². The molecule has 132 valence electrons. The van der Waals surface area contributed by atoms with Crippen molar-refractivity contribution in [2.45, 2.75) is 31.8 Å². The molecule has 0 aromatic heterocycles. The monoisotopic (exact) mass is 347 g/mol. The van der Waals surface area contributed by atoms with Crippen LogP contribution in [0.3, 0.4) is 0 Å². The van der Waals surface area contributed by atoms with Crippen molar-refractivity contribution in [2.24, 2.45) is 5.92 Å². The van der Waals surface area contributed by atoms with Crippen LogP contribution in [0, 0.1) is 5.92 Å². The second-order valence-electron chi connectivity index (χ2n) is 6.69. The van der Waals surface area contributed by atoms with Gasteiger partial charge in [-0.3, -0.25) is 0 Å². The van der Waals surface area contributed by atoms with Crippen molar-refractivity contribution in [3.05, 3.63) is 71.8 Å². The Balaban J connectivity index is 0.00000288. The number of benzene rings is 2. The predicted molar refractivity (Wildman–Crippen MR) is 105 cm³/mol. The number of halogens is 1. The molecule has 0 bridgehead atoms. The van der Waals surface area contributed by atoms with Crippen molar-refractivity contribution in [3.8, 4) is 0 Å². The molecule has 1 N–H and O–H groups in total. The molecular weight excluding hydrogens is 318 g/mol. The second-order valence-corrected chi connectivity index (χ2v) is 6.69. The molecule has 2 nitrogen and oxygen atoms in total. The Labute approximate surface area is 152 Å². The molecule has 2 rings (SSSR count). The SMILES string of the molecule is CC[C@H](O)C(c1ccccc1)(c1ccccc1)[C@H](C)CN(C)C.Cl. The first-order valence-corrected chi connectivity index (χ1v) is 8.47. The first kappa shape index (κ1) is 20.7. The first-order valence-electron chi connectivity index (χ1n) is 8.47. The molecule has 3 heteroatoms. The molecule has 0 aliphatic heterocycles. The zero-order valence-corrected chi connectivity index (χ0v) is 16.0.